The number of nitrogens with zero attached hydrogens (tertiary/aromatic N) is 2. The van der Waals surface area contributed by atoms with Crippen molar-refractivity contribution in [3.8, 4) is 0 Å². The summed E-state index contributed by atoms with van der Waals surface area (Å²) in [7, 11) is 4.26. The quantitative estimate of drug-likeness (QED) is 0.855. The van der Waals surface area contributed by atoms with E-state index in [4.69, 9.17) is 11.6 Å². The van der Waals surface area contributed by atoms with Gasteiger partial charge < -0.3 is 15.5 Å². The van der Waals surface area contributed by atoms with Crippen LogP contribution < -0.4 is 10.6 Å². The van der Waals surface area contributed by atoms with Crippen molar-refractivity contribution in [2.24, 2.45) is 0 Å². The van der Waals surface area contributed by atoms with Crippen molar-refractivity contribution in [1.29, 1.82) is 0 Å². The number of carbonyl (C=O) groups is 1. The average Bonchev–Trinajstić information content (AvgIpc) is 2.45. The van der Waals surface area contributed by atoms with Gasteiger partial charge in [0, 0.05) is 42.9 Å². The second-order valence-electron chi connectivity index (χ2n) is 5.58. The number of rotatable bonds is 5. The molecular weight excluding hydrogens is 288 g/mol. The fourth-order valence-corrected chi connectivity index (χ4v) is 2.54. The second kappa shape index (κ2) is 7.75. The summed E-state index contributed by atoms with van der Waals surface area (Å²) in [5.74, 6) is -0.0378. The fraction of sp³-hybridized carbons (Fsp3) is 0.533. The maximum Gasteiger partial charge on any atom is 0.238 e. The summed E-state index contributed by atoms with van der Waals surface area (Å²) < 4.78 is 0. The van der Waals surface area contributed by atoms with Gasteiger partial charge in [0.15, 0.2) is 0 Å². The highest BCUT2D eigenvalue weighted by molar-refractivity contribution is 6.30. The lowest BCUT2D eigenvalue weighted by molar-refractivity contribution is -0.115. The average molecular weight is 311 g/mol. The first kappa shape index (κ1) is 16.2. The topological polar surface area (TPSA) is 47.6 Å². The monoisotopic (exact) mass is 310 g/mol. The molecule has 5 nitrogen and oxygen atoms in total. The van der Waals surface area contributed by atoms with Crippen LogP contribution in [0.15, 0.2) is 24.3 Å². The van der Waals surface area contributed by atoms with Crippen LogP contribution in [0, 0.1) is 0 Å². The van der Waals surface area contributed by atoms with E-state index in [2.05, 4.69) is 34.5 Å². The maximum atomic E-state index is 11.9. The Hall–Kier alpha value is -1.14. The van der Waals surface area contributed by atoms with Crippen LogP contribution in [-0.2, 0) is 4.79 Å². The van der Waals surface area contributed by atoms with Crippen molar-refractivity contribution in [3.05, 3.63) is 29.3 Å². The van der Waals surface area contributed by atoms with Gasteiger partial charge in [-0.25, -0.2) is 0 Å². The largest absolute Gasteiger partial charge is 0.325 e. The number of anilines is 1. The highest BCUT2D eigenvalue weighted by atomic mass is 35.5. The minimum absolute atomic E-state index is 0.0378. The van der Waals surface area contributed by atoms with Crippen LogP contribution in [-0.4, -0.2) is 68.6 Å². The Labute approximate surface area is 131 Å². The summed E-state index contributed by atoms with van der Waals surface area (Å²) >= 11 is 5.81. The normalized spacial score (nSPS) is 20.4. The molecule has 1 aromatic rings. The third-order valence-electron chi connectivity index (χ3n) is 3.77. The van der Waals surface area contributed by atoms with E-state index in [0.29, 0.717) is 17.6 Å². The first-order valence-corrected chi connectivity index (χ1v) is 7.57. The molecule has 116 valence electrons. The summed E-state index contributed by atoms with van der Waals surface area (Å²) in [6.07, 6.45) is 0. The number of hydrogen-bond acceptors (Lipinski definition) is 4. The van der Waals surface area contributed by atoms with Gasteiger partial charge >= 0.3 is 0 Å². The summed E-state index contributed by atoms with van der Waals surface area (Å²) in [5, 5.41) is 6.74. The number of likely N-dealkylation sites (N-methyl/N-ethyl adjacent to an activating group) is 2. The highest BCUT2D eigenvalue weighted by Gasteiger charge is 2.21. The van der Waals surface area contributed by atoms with E-state index in [0.717, 1.165) is 31.9 Å². The molecule has 6 heteroatoms. The molecular formula is C15H23ClN4O. The summed E-state index contributed by atoms with van der Waals surface area (Å²) in [6, 6.07) is 7.57. The molecule has 1 aliphatic heterocycles. The predicted molar refractivity (Wildman–Crippen MR) is 86.9 cm³/mol. The number of piperazine rings is 1. The van der Waals surface area contributed by atoms with Gasteiger partial charge in [-0.2, -0.15) is 0 Å². The number of nitrogens with one attached hydrogen (secondary N) is 2. The SMILES string of the molecule is CN1CCN(C)C(CNCC(=O)Nc2ccc(Cl)cc2)C1. The zero-order valence-electron chi connectivity index (χ0n) is 12.6. The van der Waals surface area contributed by atoms with Gasteiger partial charge in [0.2, 0.25) is 5.91 Å². The van der Waals surface area contributed by atoms with Crippen LogP contribution in [0.3, 0.4) is 0 Å². The van der Waals surface area contributed by atoms with E-state index < -0.39 is 0 Å². The lowest BCUT2D eigenvalue weighted by Crippen LogP contribution is -2.54. The van der Waals surface area contributed by atoms with E-state index >= 15 is 0 Å². The molecule has 0 aliphatic carbocycles. The predicted octanol–water partition coefficient (Wildman–Crippen LogP) is 1.11. The molecule has 0 saturated carbocycles. The number of benzene rings is 1. The van der Waals surface area contributed by atoms with Crippen molar-refractivity contribution in [1.82, 2.24) is 15.1 Å². The Morgan fingerprint density at radius 1 is 1.29 bits per heavy atom. The molecule has 1 fully saturated rings. The molecule has 0 radical (unpaired) electrons. The Morgan fingerprint density at radius 2 is 2.00 bits per heavy atom. The number of hydrogen-bond donors (Lipinski definition) is 2. The van der Waals surface area contributed by atoms with E-state index in [1.54, 1.807) is 24.3 Å². The van der Waals surface area contributed by atoms with Crippen LogP contribution >= 0.6 is 11.6 Å². The smallest absolute Gasteiger partial charge is 0.238 e. The molecule has 1 atom stereocenters. The van der Waals surface area contributed by atoms with Crippen LogP contribution in [0.2, 0.25) is 5.02 Å². The van der Waals surface area contributed by atoms with Gasteiger partial charge in [-0.1, -0.05) is 11.6 Å². The van der Waals surface area contributed by atoms with Crippen molar-refractivity contribution in [2.45, 2.75) is 6.04 Å². The fourth-order valence-electron chi connectivity index (χ4n) is 2.41. The Balaban J connectivity index is 1.70. The maximum absolute atomic E-state index is 11.9. The van der Waals surface area contributed by atoms with Crippen LogP contribution in [0.1, 0.15) is 0 Å². The van der Waals surface area contributed by atoms with E-state index in [9.17, 15) is 4.79 Å². The summed E-state index contributed by atoms with van der Waals surface area (Å²) in [4.78, 5) is 16.5. The van der Waals surface area contributed by atoms with Gasteiger partial charge in [0.05, 0.1) is 6.54 Å². The molecule has 1 unspecified atom stereocenters. The summed E-state index contributed by atoms with van der Waals surface area (Å²) in [5.41, 5.74) is 0.765. The molecule has 1 aromatic carbocycles. The third-order valence-corrected chi connectivity index (χ3v) is 4.03. The molecule has 0 bridgehead atoms. The van der Waals surface area contributed by atoms with E-state index in [1.165, 1.54) is 0 Å². The van der Waals surface area contributed by atoms with Crippen LogP contribution in [0.25, 0.3) is 0 Å². The molecule has 1 amide bonds. The molecule has 0 aromatic heterocycles. The highest BCUT2D eigenvalue weighted by Crippen LogP contribution is 2.13. The van der Waals surface area contributed by atoms with Crippen molar-refractivity contribution < 1.29 is 4.79 Å². The molecule has 1 aliphatic rings. The molecule has 1 heterocycles. The van der Waals surface area contributed by atoms with Gasteiger partial charge in [-0.05, 0) is 38.4 Å². The summed E-state index contributed by atoms with van der Waals surface area (Å²) in [6.45, 7) is 4.33. The van der Waals surface area contributed by atoms with Crippen LogP contribution in [0.5, 0.6) is 0 Å². The first-order chi connectivity index (χ1) is 10.0. The zero-order valence-corrected chi connectivity index (χ0v) is 13.4. The molecule has 21 heavy (non-hydrogen) atoms. The standard InChI is InChI=1S/C15H23ClN4O/c1-19-7-8-20(2)14(11-19)9-17-10-15(21)18-13-5-3-12(16)4-6-13/h3-6,14,17H,7-11H2,1-2H3,(H,18,21). The molecule has 2 rings (SSSR count). The van der Waals surface area contributed by atoms with Crippen molar-refractivity contribution in [3.63, 3.8) is 0 Å². The van der Waals surface area contributed by atoms with E-state index in [-0.39, 0.29) is 5.91 Å². The molecule has 0 spiro atoms. The Bertz CT molecular complexity index is 465. The molecule has 1 saturated heterocycles. The van der Waals surface area contributed by atoms with Gasteiger partial charge in [0.1, 0.15) is 0 Å². The van der Waals surface area contributed by atoms with E-state index in [1.807, 2.05) is 0 Å². The Kier molecular flexibility index (Phi) is 5.99. The third kappa shape index (κ3) is 5.28. The number of carbonyl (C=O) groups excluding carboxylic acids is 1. The van der Waals surface area contributed by atoms with Crippen molar-refractivity contribution in [2.75, 3.05) is 52.1 Å². The van der Waals surface area contributed by atoms with Gasteiger partial charge in [-0.3, -0.25) is 9.69 Å². The first-order valence-electron chi connectivity index (χ1n) is 7.19. The lowest BCUT2D eigenvalue weighted by Gasteiger charge is -2.37. The number of amides is 1. The zero-order chi connectivity index (χ0) is 15.2. The Morgan fingerprint density at radius 3 is 2.71 bits per heavy atom. The minimum Gasteiger partial charge on any atom is -0.325 e. The lowest BCUT2D eigenvalue weighted by atomic mass is 10.2. The van der Waals surface area contributed by atoms with Gasteiger partial charge in [-0.15, -0.1) is 0 Å². The number of halogens is 1. The molecule has 2 N–H and O–H groups in total. The van der Waals surface area contributed by atoms with Gasteiger partial charge in [0.25, 0.3) is 0 Å². The second-order valence-corrected chi connectivity index (χ2v) is 6.02. The van der Waals surface area contributed by atoms with Crippen molar-refractivity contribution >= 4 is 23.2 Å². The van der Waals surface area contributed by atoms with Crippen LogP contribution in [0.4, 0.5) is 5.69 Å². The minimum atomic E-state index is -0.0378.